The van der Waals surface area contributed by atoms with Crippen molar-refractivity contribution in [1.29, 1.82) is 0 Å². The van der Waals surface area contributed by atoms with Gasteiger partial charge in [0.25, 0.3) is 0 Å². The van der Waals surface area contributed by atoms with E-state index in [9.17, 15) is 9.59 Å². The molecule has 0 saturated heterocycles. The molecule has 88 valence electrons. The second-order valence-corrected chi connectivity index (χ2v) is 3.50. The number of rotatable bonds is 6. The summed E-state index contributed by atoms with van der Waals surface area (Å²) in [5.41, 5.74) is 0.786. The van der Waals surface area contributed by atoms with E-state index < -0.39 is 5.97 Å². The normalized spacial score (nSPS) is 10.1. The van der Waals surface area contributed by atoms with Crippen LogP contribution in [0.15, 0.2) is 12.3 Å². The van der Waals surface area contributed by atoms with Crippen molar-refractivity contribution in [1.82, 2.24) is 15.1 Å². The minimum Gasteiger partial charge on any atom is -0.481 e. The van der Waals surface area contributed by atoms with Gasteiger partial charge in [-0.3, -0.25) is 14.3 Å². The van der Waals surface area contributed by atoms with Gasteiger partial charge in [0.15, 0.2) is 0 Å². The highest BCUT2D eigenvalue weighted by Gasteiger charge is 2.04. The molecule has 6 nitrogen and oxygen atoms in total. The van der Waals surface area contributed by atoms with Crippen LogP contribution in [0, 0.1) is 0 Å². The molecule has 16 heavy (non-hydrogen) atoms. The van der Waals surface area contributed by atoms with Crippen LogP contribution >= 0.6 is 0 Å². The number of carboxylic acid groups (broad SMARTS) is 1. The summed E-state index contributed by atoms with van der Waals surface area (Å²) in [6.07, 6.45) is 2.42. The zero-order chi connectivity index (χ0) is 12.0. The first-order valence-corrected chi connectivity index (χ1v) is 5.05. The molecular weight excluding hydrogens is 210 g/mol. The summed E-state index contributed by atoms with van der Waals surface area (Å²) < 4.78 is 1.66. The molecule has 1 amide bonds. The van der Waals surface area contributed by atoms with E-state index in [-0.39, 0.29) is 18.7 Å². The van der Waals surface area contributed by atoms with Crippen LogP contribution < -0.4 is 5.32 Å². The Morgan fingerprint density at radius 3 is 2.81 bits per heavy atom. The molecule has 0 aliphatic carbocycles. The number of aromatic nitrogens is 2. The van der Waals surface area contributed by atoms with E-state index >= 15 is 0 Å². The molecule has 1 rings (SSSR count). The Bertz CT molecular complexity index is 373. The number of carboxylic acids is 1. The summed E-state index contributed by atoms with van der Waals surface area (Å²) >= 11 is 0. The molecular formula is C10H15N3O3. The fraction of sp³-hybridized carbons (Fsp3) is 0.500. The van der Waals surface area contributed by atoms with E-state index in [1.165, 1.54) is 0 Å². The van der Waals surface area contributed by atoms with E-state index in [1.54, 1.807) is 17.9 Å². The van der Waals surface area contributed by atoms with Gasteiger partial charge < -0.3 is 10.4 Å². The van der Waals surface area contributed by atoms with E-state index in [2.05, 4.69) is 10.4 Å². The number of aliphatic carboxylic acids is 1. The number of carbonyl (C=O) groups is 2. The van der Waals surface area contributed by atoms with E-state index in [4.69, 9.17) is 5.11 Å². The molecule has 0 unspecified atom stereocenters. The maximum atomic E-state index is 11.3. The smallest absolute Gasteiger partial charge is 0.303 e. The minimum atomic E-state index is -0.877. The number of hydrogen-bond acceptors (Lipinski definition) is 3. The molecule has 6 heteroatoms. The SMILES string of the molecule is Cn1ccc(CNC(=O)CCCC(=O)O)n1. The summed E-state index contributed by atoms with van der Waals surface area (Å²) in [6.45, 7) is 0.382. The average molecular weight is 225 g/mol. The lowest BCUT2D eigenvalue weighted by molar-refractivity contribution is -0.137. The second kappa shape index (κ2) is 5.89. The highest BCUT2D eigenvalue weighted by atomic mass is 16.4. The number of nitrogens with zero attached hydrogens (tertiary/aromatic N) is 2. The monoisotopic (exact) mass is 225 g/mol. The Labute approximate surface area is 93.3 Å². The molecule has 1 heterocycles. The fourth-order valence-corrected chi connectivity index (χ4v) is 1.24. The van der Waals surface area contributed by atoms with Gasteiger partial charge in [-0.25, -0.2) is 0 Å². The predicted molar refractivity (Wildman–Crippen MR) is 56.5 cm³/mol. The summed E-state index contributed by atoms with van der Waals surface area (Å²) in [5.74, 6) is -1.02. The van der Waals surface area contributed by atoms with Crippen molar-refractivity contribution in [3.63, 3.8) is 0 Å². The number of hydrogen-bond donors (Lipinski definition) is 2. The summed E-state index contributed by atoms with van der Waals surface area (Å²) in [4.78, 5) is 21.5. The number of aryl methyl sites for hydroxylation is 1. The van der Waals surface area contributed by atoms with E-state index in [0.29, 0.717) is 13.0 Å². The fourth-order valence-electron chi connectivity index (χ4n) is 1.24. The molecule has 0 spiro atoms. The van der Waals surface area contributed by atoms with Crippen LogP contribution in [0.1, 0.15) is 25.0 Å². The zero-order valence-electron chi connectivity index (χ0n) is 9.14. The van der Waals surface area contributed by atoms with Gasteiger partial charge in [0.2, 0.25) is 5.91 Å². The van der Waals surface area contributed by atoms with Gasteiger partial charge in [0, 0.05) is 26.1 Å². The van der Waals surface area contributed by atoms with Crippen molar-refractivity contribution in [2.45, 2.75) is 25.8 Å². The number of carbonyl (C=O) groups excluding carboxylic acids is 1. The number of nitrogens with one attached hydrogen (secondary N) is 1. The van der Waals surface area contributed by atoms with Gasteiger partial charge in [0.1, 0.15) is 0 Å². The molecule has 0 bridgehead atoms. The molecule has 1 aromatic rings. The molecule has 0 radical (unpaired) electrons. The van der Waals surface area contributed by atoms with Crippen LogP contribution in [0.2, 0.25) is 0 Å². The van der Waals surface area contributed by atoms with Crippen molar-refractivity contribution < 1.29 is 14.7 Å². The maximum absolute atomic E-state index is 11.3. The number of amides is 1. The van der Waals surface area contributed by atoms with Gasteiger partial charge in [-0.2, -0.15) is 5.10 Å². The molecule has 0 saturated carbocycles. The molecule has 0 aliphatic rings. The first kappa shape index (κ1) is 12.2. The van der Waals surface area contributed by atoms with Crippen LogP contribution in [-0.2, 0) is 23.2 Å². The Balaban J connectivity index is 2.17. The van der Waals surface area contributed by atoms with Crippen LogP contribution in [0.4, 0.5) is 0 Å². The van der Waals surface area contributed by atoms with Crippen LogP contribution in [0.5, 0.6) is 0 Å². The first-order valence-electron chi connectivity index (χ1n) is 5.05. The van der Waals surface area contributed by atoms with Crippen molar-refractivity contribution in [3.05, 3.63) is 18.0 Å². The topological polar surface area (TPSA) is 84.2 Å². The molecule has 0 aromatic carbocycles. The summed E-state index contributed by atoms with van der Waals surface area (Å²) in [5, 5.41) is 15.2. The minimum absolute atomic E-state index is 0.0248. The highest BCUT2D eigenvalue weighted by molar-refractivity contribution is 5.76. The lowest BCUT2D eigenvalue weighted by atomic mass is 10.2. The lowest BCUT2D eigenvalue weighted by Crippen LogP contribution is -2.22. The van der Waals surface area contributed by atoms with Gasteiger partial charge >= 0.3 is 5.97 Å². The first-order chi connectivity index (χ1) is 7.58. The van der Waals surface area contributed by atoms with Gasteiger partial charge in [-0.05, 0) is 12.5 Å². The quantitative estimate of drug-likeness (QED) is 0.728. The van der Waals surface area contributed by atoms with Crippen molar-refractivity contribution >= 4 is 11.9 Å². The van der Waals surface area contributed by atoms with Gasteiger partial charge in [-0.1, -0.05) is 0 Å². The summed E-state index contributed by atoms with van der Waals surface area (Å²) in [7, 11) is 1.80. The molecule has 0 aliphatic heterocycles. The Hall–Kier alpha value is -1.85. The third-order valence-corrected chi connectivity index (χ3v) is 2.03. The van der Waals surface area contributed by atoms with Crippen LogP contribution in [0.25, 0.3) is 0 Å². The lowest BCUT2D eigenvalue weighted by Gasteiger charge is -2.01. The molecule has 2 N–H and O–H groups in total. The third-order valence-electron chi connectivity index (χ3n) is 2.03. The van der Waals surface area contributed by atoms with Gasteiger partial charge in [0.05, 0.1) is 12.2 Å². The average Bonchev–Trinajstić information content (AvgIpc) is 2.61. The second-order valence-electron chi connectivity index (χ2n) is 3.50. The summed E-state index contributed by atoms with van der Waals surface area (Å²) in [6, 6.07) is 1.82. The largest absolute Gasteiger partial charge is 0.481 e. The standard InChI is InChI=1S/C10H15N3O3/c1-13-6-5-8(12-13)7-11-9(14)3-2-4-10(15)16/h5-6H,2-4,7H2,1H3,(H,11,14)(H,15,16). The Morgan fingerprint density at radius 1 is 1.50 bits per heavy atom. The molecule has 0 fully saturated rings. The Morgan fingerprint density at radius 2 is 2.25 bits per heavy atom. The maximum Gasteiger partial charge on any atom is 0.303 e. The van der Waals surface area contributed by atoms with E-state index in [1.807, 2.05) is 6.07 Å². The highest BCUT2D eigenvalue weighted by Crippen LogP contribution is 1.97. The van der Waals surface area contributed by atoms with Crippen LogP contribution in [0.3, 0.4) is 0 Å². The Kier molecular flexibility index (Phi) is 4.50. The van der Waals surface area contributed by atoms with Crippen molar-refractivity contribution in [2.75, 3.05) is 0 Å². The predicted octanol–water partition coefficient (Wildman–Crippen LogP) is 0.291. The van der Waals surface area contributed by atoms with Gasteiger partial charge in [-0.15, -0.1) is 0 Å². The zero-order valence-corrected chi connectivity index (χ0v) is 9.14. The van der Waals surface area contributed by atoms with Crippen molar-refractivity contribution in [2.24, 2.45) is 7.05 Å². The van der Waals surface area contributed by atoms with Crippen molar-refractivity contribution in [3.8, 4) is 0 Å². The van der Waals surface area contributed by atoms with Crippen LogP contribution in [-0.4, -0.2) is 26.8 Å². The molecule has 1 aromatic heterocycles. The van der Waals surface area contributed by atoms with E-state index in [0.717, 1.165) is 5.69 Å². The molecule has 0 atom stereocenters. The third kappa shape index (κ3) is 4.59.